The monoisotopic (exact) mass is 303 g/mol. The molecular weight excluding hydrogens is 293 g/mol. The van der Waals surface area contributed by atoms with Gasteiger partial charge in [-0.25, -0.2) is 0 Å². The maximum absolute atomic E-state index is 6.26. The molecule has 0 aliphatic heterocycles. The van der Waals surface area contributed by atoms with E-state index in [9.17, 15) is 0 Å². The van der Waals surface area contributed by atoms with Crippen molar-refractivity contribution in [3.8, 4) is 22.4 Å². The van der Waals surface area contributed by atoms with E-state index in [0.717, 1.165) is 22.4 Å². The molecule has 5 heteroatoms. The highest BCUT2D eigenvalue weighted by molar-refractivity contribution is 6.34. The predicted molar refractivity (Wildman–Crippen MR) is 83.9 cm³/mol. The first-order valence-corrected chi connectivity index (χ1v) is 6.77. The lowest BCUT2D eigenvalue weighted by Gasteiger charge is -2.08. The van der Waals surface area contributed by atoms with Crippen molar-refractivity contribution in [1.82, 2.24) is 10.2 Å². The number of benzene rings is 2. The van der Waals surface area contributed by atoms with Crippen LogP contribution in [0.1, 0.15) is 0 Å². The SMILES string of the molecule is Nc1n[nH]c(-c2ccccc2Cl)c1-c1ccccc1Cl. The van der Waals surface area contributed by atoms with E-state index in [4.69, 9.17) is 28.9 Å². The number of aromatic amines is 1. The lowest BCUT2D eigenvalue weighted by molar-refractivity contribution is 1.10. The lowest BCUT2D eigenvalue weighted by Crippen LogP contribution is -1.89. The normalized spacial score (nSPS) is 10.7. The Morgan fingerprint density at radius 2 is 1.40 bits per heavy atom. The number of nitrogens with two attached hydrogens (primary N) is 1. The Bertz CT molecular complexity index is 765. The minimum Gasteiger partial charge on any atom is -0.382 e. The van der Waals surface area contributed by atoms with E-state index >= 15 is 0 Å². The molecule has 100 valence electrons. The molecule has 3 rings (SSSR count). The molecule has 1 aromatic heterocycles. The Hall–Kier alpha value is -1.97. The van der Waals surface area contributed by atoms with Gasteiger partial charge in [0.2, 0.25) is 0 Å². The number of aromatic nitrogens is 2. The van der Waals surface area contributed by atoms with E-state index in [2.05, 4.69) is 10.2 Å². The molecule has 0 unspecified atom stereocenters. The van der Waals surface area contributed by atoms with E-state index in [1.165, 1.54) is 0 Å². The van der Waals surface area contributed by atoms with Gasteiger partial charge >= 0.3 is 0 Å². The molecule has 0 fully saturated rings. The predicted octanol–water partition coefficient (Wildman–Crippen LogP) is 4.63. The smallest absolute Gasteiger partial charge is 0.153 e. The van der Waals surface area contributed by atoms with Crippen LogP contribution in [-0.2, 0) is 0 Å². The maximum Gasteiger partial charge on any atom is 0.153 e. The third-order valence-electron chi connectivity index (χ3n) is 3.08. The van der Waals surface area contributed by atoms with E-state index in [1.807, 2.05) is 48.5 Å². The Morgan fingerprint density at radius 1 is 0.850 bits per heavy atom. The van der Waals surface area contributed by atoms with E-state index in [-0.39, 0.29) is 0 Å². The van der Waals surface area contributed by atoms with E-state index in [0.29, 0.717) is 15.9 Å². The van der Waals surface area contributed by atoms with E-state index in [1.54, 1.807) is 0 Å². The van der Waals surface area contributed by atoms with Crippen molar-refractivity contribution in [1.29, 1.82) is 0 Å². The maximum atomic E-state index is 6.26. The summed E-state index contributed by atoms with van der Waals surface area (Å²) in [4.78, 5) is 0. The van der Waals surface area contributed by atoms with Gasteiger partial charge in [-0.1, -0.05) is 59.6 Å². The van der Waals surface area contributed by atoms with Crippen LogP contribution in [0.4, 0.5) is 5.82 Å². The fraction of sp³-hybridized carbons (Fsp3) is 0. The van der Waals surface area contributed by atoms with Crippen LogP contribution in [0.25, 0.3) is 22.4 Å². The van der Waals surface area contributed by atoms with Gasteiger partial charge in [0.15, 0.2) is 5.82 Å². The van der Waals surface area contributed by atoms with Gasteiger partial charge in [0.1, 0.15) is 0 Å². The standard InChI is InChI=1S/C15H11Cl2N3/c16-11-7-3-1-5-9(11)13-14(19-20-15(13)18)10-6-2-4-8-12(10)17/h1-8H,(H3,18,19,20). The molecule has 0 atom stereocenters. The summed E-state index contributed by atoms with van der Waals surface area (Å²) in [5.74, 6) is 0.396. The number of nitrogen functional groups attached to an aromatic ring is 1. The summed E-state index contributed by atoms with van der Waals surface area (Å²) in [6.45, 7) is 0. The van der Waals surface area contributed by atoms with Crippen LogP contribution < -0.4 is 5.73 Å². The lowest BCUT2D eigenvalue weighted by atomic mass is 10.0. The summed E-state index contributed by atoms with van der Waals surface area (Å²) < 4.78 is 0. The van der Waals surface area contributed by atoms with Crippen LogP contribution in [-0.4, -0.2) is 10.2 Å². The molecule has 1 heterocycles. The quantitative estimate of drug-likeness (QED) is 0.725. The fourth-order valence-electron chi connectivity index (χ4n) is 2.15. The van der Waals surface area contributed by atoms with Crippen LogP contribution in [0.2, 0.25) is 10.0 Å². The summed E-state index contributed by atoms with van der Waals surface area (Å²) in [6.07, 6.45) is 0. The fourth-order valence-corrected chi connectivity index (χ4v) is 2.61. The molecule has 3 nitrogen and oxygen atoms in total. The summed E-state index contributed by atoms with van der Waals surface area (Å²) in [5.41, 5.74) is 9.19. The molecule has 3 N–H and O–H groups in total. The average molecular weight is 304 g/mol. The zero-order valence-corrected chi connectivity index (χ0v) is 11.9. The van der Waals surface area contributed by atoms with Gasteiger partial charge in [-0.3, -0.25) is 5.10 Å². The van der Waals surface area contributed by atoms with Gasteiger partial charge < -0.3 is 5.73 Å². The first-order valence-electron chi connectivity index (χ1n) is 6.02. The van der Waals surface area contributed by atoms with Gasteiger partial charge in [0, 0.05) is 21.2 Å². The Kier molecular flexibility index (Phi) is 3.38. The Morgan fingerprint density at radius 3 is 2.00 bits per heavy atom. The third-order valence-corrected chi connectivity index (χ3v) is 3.74. The van der Waals surface area contributed by atoms with Crippen molar-refractivity contribution in [2.24, 2.45) is 0 Å². The van der Waals surface area contributed by atoms with Crippen molar-refractivity contribution in [2.75, 3.05) is 5.73 Å². The van der Waals surface area contributed by atoms with Gasteiger partial charge in [-0.2, -0.15) is 5.10 Å². The molecule has 0 aliphatic rings. The van der Waals surface area contributed by atoms with Gasteiger partial charge in [-0.15, -0.1) is 0 Å². The van der Waals surface area contributed by atoms with Crippen LogP contribution in [0.15, 0.2) is 48.5 Å². The second-order valence-electron chi connectivity index (χ2n) is 4.32. The third kappa shape index (κ3) is 2.15. The Labute approximate surface area is 126 Å². The number of nitrogens with zero attached hydrogens (tertiary/aromatic N) is 1. The van der Waals surface area contributed by atoms with Crippen LogP contribution >= 0.6 is 23.2 Å². The summed E-state index contributed by atoms with van der Waals surface area (Å²) in [5, 5.41) is 8.27. The second-order valence-corrected chi connectivity index (χ2v) is 5.13. The highest BCUT2D eigenvalue weighted by Gasteiger charge is 2.18. The van der Waals surface area contributed by atoms with Gasteiger partial charge in [-0.05, 0) is 12.1 Å². The highest BCUT2D eigenvalue weighted by Crippen LogP contribution is 2.40. The largest absolute Gasteiger partial charge is 0.382 e. The van der Waals surface area contributed by atoms with Crippen molar-refractivity contribution in [3.05, 3.63) is 58.6 Å². The number of hydrogen-bond donors (Lipinski definition) is 2. The van der Waals surface area contributed by atoms with Gasteiger partial charge in [0.05, 0.1) is 11.3 Å². The highest BCUT2D eigenvalue weighted by atomic mass is 35.5. The summed E-state index contributed by atoms with van der Waals surface area (Å²) in [6, 6.07) is 15.0. The molecule has 20 heavy (non-hydrogen) atoms. The molecule has 2 aromatic carbocycles. The van der Waals surface area contributed by atoms with Gasteiger partial charge in [0.25, 0.3) is 0 Å². The molecule has 0 spiro atoms. The number of H-pyrrole nitrogens is 1. The zero-order valence-electron chi connectivity index (χ0n) is 10.4. The molecule has 0 saturated carbocycles. The molecule has 3 aromatic rings. The molecular formula is C15H11Cl2N3. The summed E-state index contributed by atoms with van der Waals surface area (Å²) in [7, 11) is 0. The van der Waals surface area contributed by atoms with Crippen molar-refractivity contribution < 1.29 is 0 Å². The van der Waals surface area contributed by atoms with Crippen molar-refractivity contribution >= 4 is 29.0 Å². The molecule has 0 aliphatic carbocycles. The minimum absolute atomic E-state index is 0.396. The first-order chi connectivity index (χ1) is 9.68. The minimum atomic E-state index is 0.396. The second kappa shape index (κ2) is 5.19. The number of nitrogens with one attached hydrogen (secondary N) is 1. The molecule has 0 bridgehead atoms. The molecule has 0 radical (unpaired) electrons. The average Bonchev–Trinajstić information content (AvgIpc) is 2.82. The molecule has 0 saturated heterocycles. The number of halogens is 2. The van der Waals surface area contributed by atoms with E-state index < -0.39 is 0 Å². The summed E-state index contributed by atoms with van der Waals surface area (Å²) >= 11 is 12.5. The van der Waals surface area contributed by atoms with Crippen molar-refractivity contribution in [2.45, 2.75) is 0 Å². The number of anilines is 1. The zero-order chi connectivity index (χ0) is 14.1. The Balaban J connectivity index is 2.26. The first kappa shape index (κ1) is 13.0. The number of rotatable bonds is 2. The van der Waals surface area contributed by atoms with Crippen molar-refractivity contribution in [3.63, 3.8) is 0 Å². The molecule has 0 amide bonds. The van der Waals surface area contributed by atoms with Crippen LogP contribution in [0, 0.1) is 0 Å². The van der Waals surface area contributed by atoms with Crippen LogP contribution in [0.3, 0.4) is 0 Å². The topological polar surface area (TPSA) is 54.7 Å². The van der Waals surface area contributed by atoms with Crippen LogP contribution in [0.5, 0.6) is 0 Å². The number of hydrogen-bond acceptors (Lipinski definition) is 2.